The van der Waals surface area contributed by atoms with Crippen molar-refractivity contribution in [3.8, 4) is 5.75 Å². The normalized spacial score (nSPS) is 24.6. The fourth-order valence-electron chi connectivity index (χ4n) is 4.02. The minimum atomic E-state index is -0.602. The average Bonchev–Trinajstić information content (AvgIpc) is 2.76. The molecule has 1 unspecified atom stereocenters. The van der Waals surface area contributed by atoms with Crippen molar-refractivity contribution in [3.05, 3.63) is 42.0 Å². The van der Waals surface area contributed by atoms with Crippen LogP contribution in [0.3, 0.4) is 0 Å². The lowest BCUT2D eigenvalue weighted by atomic mass is 9.76. The number of nitrogens with zero attached hydrogens (tertiary/aromatic N) is 1. The molecule has 1 atom stereocenters. The van der Waals surface area contributed by atoms with Crippen LogP contribution in [0.15, 0.2) is 36.4 Å². The van der Waals surface area contributed by atoms with E-state index >= 15 is 0 Å². The van der Waals surface area contributed by atoms with Crippen molar-refractivity contribution in [1.82, 2.24) is 20.9 Å². The van der Waals surface area contributed by atoms with E-state index in [2.05, 4.69) is 16.0 Å². The number of allylic oxidation sites excluding steroid dienone is 1. The van der Waals surface area contributed by atoms with E-state index in [9.17, 15) is 14.4 Å². The average molecular weight is 415 g/mol. The number of fused-ring (bicyclic) bond motifs is 1. The summed E-state index contributed by atoms with van der Waals surface area (Å²) in [4.78, 5) is 39.4. The lowest BCUT2D eigenvalue weighted by Crippen LogP contribution is -2.54. The highest BCUT2D eigenvalue weighted by Crippen LogP contribution is 2.34. The minimum Gasteiger partial charge on any atom is -0.489 e. The second-order valence-electron chi connectivity index (χ2n) is 7.76. The van der Waals surface area contributed by atoms with Crippen LogP contribution in [0.1, 0.15) is 29.6 Å². The van der Waals surface area contributed by atoms with Gasteiger partial charge in [0.2, 0.25) is 11.8 Å². The molecule has 1 saturated heterocycles. The first-order valence-electron chi connectivity index (χ1n) is 10.4. The van der Waals surface area contributed by atoms with Crippen LogP contribution in [-0.2, 0) is 9.59 Å². The number of likely N-dealkylation sites (tertiary alicyclic amines) is 1. The van der Waals surface area contributed by atoms with Gasteiger partial charge in [-0.05, 0) is 37.9 Å². The van der Waals surface area contributed by atoms with Gasteiger partial charge in [-0.25, -0.2) is 0 Å². The maximum absolute atomic E-state index is 13.1. The Morgan fingerprint density at radius 3 is 2.83 bits per heavy atom. The Hall–Kier alpha value is -2.87. The highest BCUT2D eigenvalue weighted by Gasteiger charge is 2.41. The number of para-hydroxylation sites is 1. The quantitative estimate of drug-likeness (QED) is 0.619. The minimum absolute atomic E-state index is 0.0404. The summed E-state index contributed by atoms with van der Waals surface area (Å²) in [7, 11) is 1.62. The van der Waals surface area contributed by atoms with Gasteiger partial charge in [-0.3, -0.25) is 19.3 Å². The molecule has 0 saturated carbocycles. The Labute approximate surface area is 177 Å². The number of benzene rings is 1. The molecule has 0 aromatic heterocycles. The number of rotatable bonds is 2. The maximum Gasteiger partial charge on any atom is 0.255 e. The molecule has 162 valence electrons. The molecule has 3 N–H and O–H groups in total. The van der Waals surface area contributed by atoms with Crippen LogP contribution in [-0.4, -0.2) is 69.0 Å². The van der Waals surface area contributed by atoms with Gasteiger partial charge in [0.25, 0.3) is 5.91 Å². The Morgan fingerprint density at radius 1 is 1.20 bits per heavy atom. The molecule has 2 heterocycles. The van der Waals surface area contributed by atoms with Gasteiger partial charge in [-0.2, -0.15) is 0 Å². The summed E-state index contributed by atoms with van der Waals surface area (Å²) in [5, 5.41) is 8.46. The zero-order valence-corrected chi connectivity index (χ0v) is 17.4. The summed E-state index contributed by atoms with van der Waals surface area (Å²) in [6.07, 6.45) is 6.02. The second kappa shape index (κ2) is 10.2. The number of amides is 3. The molecule has 3 amide bonds. The summed E-state index contributed by atoms with van der Waals surface area (Å²) in [5.74, 6) is 0.204. The van der Waals surface area contributed by atoms with Crippen LogP contribution in [0.5, 0.6) is 5.75 Å². The number of carbonyl (C=O) groups excluding carboxylic acids is 3. The molecule has 0 radical (unpaired) electrons. The summed E-state index contributed by atoms with van der Waals surface area (Å²) in [6.45, 7) is 2.57. The second-order valence-corrected chi connectivity index (χ2v) is 7.76. The largest absolute Gasteiger partial charge is 0.489 e. The molecular weight excluding hydrogens is 384 g/mol. The topological polar surface area (TPSA) is 99.8 Å². The van der Waals surface area contributed by atoms with E-state index in [0.29, 0.717) is 44.0 Å². The van der Waals surface area contributed by atoms with E-state index in [1.807, 2.05) is 23.1 Å². The summed E-state index contributed by atoms with van der Waals surface area (Å²) >= 11 is 0. The number of ether oxygens (including phenoxy) is 1. The van der Waals surface area contributed by atoms with E-state index < -0.39 is 5.41 Å². The third-order valence-corrected chi connectivity index (χ3v) is 5.62. The third kappa shape index (κ3) is 5.38. The molecule has 30 heavy (non-hydrogen) atoms. The molecule has 8 heteroatoms. The number of nitrogens with one attached hydrogen (secondary N) is 3. The van der Waals surface area contributed by atoms with Crippen LogP contribution in [0.25, 0.3) is 0 Å². The fraction of sp³-hybridized carbons (Fsp3) is 0.500. The van der Waals surface area contributed by atoms with Gasteiger partial charge in [-0.15, -0.1) is 0 Å². The zero-order valence-electron chi connectivity index (χ0n) is 17.4. The van der Waals surface area contributed by atoms with Crippen molar-refractivity contribution in [2.45, 2.75) is 19.3 Å². The molecule has 2 aliphatic heterocycles. The van der Waals surface area contributed by atoms with Crippen molar-refractivity contribution < 1.29 is 19.1 Å². The SMILES string of the molecule is CNC(=O)CN1CCCC2(C/C=C/COc3ccccc3C(=O)NCCNC2=O)C1. The van der Waals surface area contributed by atoms with Crippen LogP contribution < -0.4 is 20.7 Å². The molecule has 2 aliphatic rings. The molecule has 0 aliphatic carbocycles. The molecule has 1 aromatic rings. The predicted molar refractivity (Wildman–Crippen MR) is 113 cm³/mol. The smallest absolute Gasteiger partial charge is 0.255 e. The van der Waals surface area contributed by atoms with E-state index in [0.717, 1.165) is 19.4 Å². The number of carbonyl (C=O) groups is 3. The van der Waals surface area contributed by atoms with E-state index in [1.165, 1.54) is 0 Å². The first kappa shape index (κ1) is 21.8. The van der Waals surface area contributed by atoms with E-state index in [-0.39, 0.29) is 24.3 Å². The summed E-state index contributed by atoms with van der Waals surface area (Å²) in [6, 6.07) is 7.11. The van der Waals surface area contributed by atoms with E-state index in [1.54, 1.807) is 25.2 Å². The van der Waals surface area contributed by atoms with Gasteiger partial charge in [-0.1, -0.05) is 24.3 Å². The Balaban J connectivity index is 1.76. The van der Waals surface area contributed by atoms with Gasteiger partial charge in [0, 0.05) is 26.7 Å². The first-order chi connectivity index (χ1) is 14.5. The van der Waals surface area contributed by atoms with Gasteiger partial charge in [0.15, 0.2) is 0 Å². The number of hydrogen-bond donors (Lipinski definition) is 3. The standard InChI is InChI=1S/C22H30N4O4/c1-23-19(27)15-26-13-6-10-22(16-26)9-4-5-14-30-18-8-3-2-7-17(18)20(28)24-11-12-25-21(22)29/h2-5,7-8H,6,9-16H2,1H3,(H,23,27)(H,24,28)(H,25,29)/b5-4+. The lowest BCUT2D eigenvalue weighted by Gasteiger charge is -2.41. The van der Waals surface area contributed by atoms with Crippen LogP contribution in [0.4, 0.5) is 0 Å². The fourth-order valence-corrected chi connectivity index (χ4v) is 4.02. The predicted octanol–water partition coefficient (Wildman–Crippen LogP) is 0.700. The van der Waals surface area contributed by atoms with Crippen LogP contribution in [0, 0.1) is 5.41 Å². The maximum atomic E-state index is 13.1. The molecule has 3 rings (SSSR count). The summed E-state index contributed by atoms with van der Waals surface area (Å²) < 4.78 is 5.78. The Kier molecular flexibility index (Phi) is 7.46. The van der Waals surface area contributed by atoms with Gasteiger partial charge < -0.3 is 20.7 Å². The Morgan fingerprint density at radius 2 is 2.00 bits per heavy atom. The summed E-state index contributed by atoms with van der Waals surface area (Å²) in [5.41, 5.74) is -0.127. The third-order valence-electron chi connectivity index (χ3n) is 5.62. The lowest BCUT2D eigenvalue weighted by molar-refractivity contribution is -0.135. The van der Waals surface area contributed by atoms with Crippen molar-refractivity contribution in [3.63, 3.8) is 0 Å². The molecule has 0 bridgehead atoms. The van der Waals surface area contributed by atoms with Gasteiger partial charge in [0.1, 0.15) is 12.4 Å². The van der Waals surface area contributed by atoms with Gasteiger partial charge in [0.05, 0.1) is 17.5 Å². The zero-order chi connectivity index (χ0) is 21.4. The van der Waals surface area contributed by atoms with Crippen molar-refractivity contribution in [1.29, 1.82) is 0 Å². The highest BCUT2D eigenvalue weighted by atomic mass is 16.5. The van der Waals surface area contributed by atoms with Crippen molar-refractivity contribution in [2.75, 3.05) is 46.4 Å². The molecule has 8 nitrogen and oxygen atoms in total. The molecule has 1 spiro atoms. The van der Waals surface area contributed by atoms with Crippen LogP contribution in [0.2, 0.25) is 0 Å². The Bertz CT molecular complexity index is 810. The molecular formula is C22H30N4O4. The monoisotopic (exact) mass is 414 g/mol. The van der Waals surface area contributed by atoms with Crippen molar-refractivity contribution >= 4 is 17.7 Å². The number of likely N-dealkylation sites (N-methyl/N-ethyl adjacent to an activating group) is 1. The first-order valence-corrected chi connectivity index (χ1v) is 10.4. The molecule has 1 fully saturated rings. The number of hydrogen-bond acceptors (Lipinski definition) is 5. The molecule has 1 aromatic carbocycles. The van der Waals surface area contributed by atoms with Crippen molar-refractivity contribution in [2.24, 2.45) is 5.41 Å². The van der Waals surface area contributed by atoms with Crippen LogP contribution >= 0.6 is 0 Å². The number of piperidine rings is 1. The van der Waals surface area contributed by atoms with Gasteiger partial charge >= 0.3 is 0 Å². The van der Waals surface area contributed by atoms with E-state index in [4.69, 9.17) is 4.74 Å². The highest BCUT2D eigenvalue weighted by molar-refractivity contribution is 5.97.